The Hall–Kier alpha value is -1.64. The van der Waals surface area contributed by atoms with Gasteiger partial charge in [-0.3, -0.25) is 4.79 Å². The van der Waals surface area contributed by atoms with Gasteiger partial charge in [0, 0.05) is 30.7 Å². The SMILES string of the molecule is C.C=C(C)CC.CC(=O)N1CCC(=C2c3cc(N)c(O)c(Br)c3CCC3=CC(Br)=CNC32)CC1.CSC. The number of carbonyl (C=O) groups is 1. The summed E-state index contributed by atoms with van der Waals surface area (Å²) in [7, 11) is 0. The van der Waals surface area contributed by atoms with E-state index in [0.717, 1.165) is 60.8 Å². The maximum atomic E-state index is 11.8. The van der Waals surface area contributed by atoms with Gasteiger partial charge < -0.3 is 21.1 Å². The largest absolute Gasteiger partial charge is 0.505 e. The second kappa shape index (κ2) is 15.7. The summed E-state index contributed by atoms with van der Waals surface area (Å²) < 4.78 is 1.72. The maximum Gasteiger partial charge on any atom is 0.219 e. The van der Waals surface area contributed by atoms with Crippen molar-refractivity contribution in [2.24, 2.45) is 0 Å². The number of phenols is 1. The number of nitrogens with two attached hydrogens (primary N) is 1. The van der Waals surface area contributed by atoms with Crippen LogP contribution in [0, 0.1) is 0 Å². The van der Waals surface area contributed by atoms with E-state index in [4.69, 9.17) is 5.73 Å². The minimum absolute atomic E-state index is 0. The van der Waals surface area contributed by atoms with Crippen molar-refractivity contribution in [3.63, 3.8) is 0 Å². The van der Waals surface area contributed by atoms with E-state index in [0.29, 0.717) is 10.2 Å². The number of likely N-dealkylation sites (tertiary alicyclic amines) is 1. The number of hydrogen-bond acceptors (Lipinski definition) is 5. The van der Waals surface area contributed by atoms with Crippen LogP contribution in [0.1, 0.15) is 65.0 Å². The molecular weight excluding hydrogens is 614 g/mol. The first-order valence-corrected chi connectivity index (χ1v) is 15.4. The summed E-state index contributed by atoms with van der Waals surface area (Å²) in [5.41, 5.74) is 13.9. The number of nitrogen functional groups attached to an aromatic ring is 1. The Morgan fingerprint density at radius 2 is 1.78 bits per heavy atom. The second-order valence-corrected chi connectivity index (χ2v) is 11.8. The van der Waals surface area contributed by atoms with Crippen LogP contribution >= 0.6 is 43.6 Å². The first kappa shape index (κ1) is 33.4. The van der Waals surface area contributed by atoms with Crippen molar-refractivity contribution in [2.75, 3.05) is 31.3 Å². The van der Waals surface area contributed by atoms with Crippen LogP contribution in [0.4, 0.5) is 5.69 Å². The van der Waals surface area contributed by atoms with E-state index in [1.165, 1.54) is 22.3 Å². The van der Waals surface area contributed by atoms with Crippen LogP contribution in [-0.4, -0.2) is 47.6 Å². The summed E-state index contributed by atoms with van der Waals surface area (Å²) in [6.45, 7) is 10.9. The summed E-state index contributed by atoms with van der Waals surface area (Å²) in [6, 6.07) is 1.99. The molecule has 0 bridgehead atoms. The lowest BCUT2D eigenvalue weighted by atomic mass is 9.84. The standard InChI is InChI=1S/C21H23Br2N3O2.C5H10.C2H6S.CH4/c1-11(27)26-6-4-12(5-7-26)18-16-9-17(24)21(28)19(23)15(16)3-2-13-8-14(22)10-25-20(13)18;1-4-5(2)3;1-3-2;/h8-10,20,25,28H,2-7,24H2,1H3;2,4H2,1,3H3;1-2H3;1H4. The number of dihydropyridines is 1. The van der Waals surface area contributed by atoms with Crippen LogP contribution in [0.25, 0.3) is 5.57 Å². The molecule has 0 aromatic heterocycles. The molecule has 2 aliphatic heterocycles. The zero-order valence-electron chi connectivity index (χ0n) is 22.0. The smallest absolute Gasteiger partial charge is 0.219 e. The molecule has 3 aliphatic rings. The normalized spacial score (nSPS) is 18.0. The van der Waals surface area contributed by atoms with Gasteiger partial charge in [-0.15, -0.1) is 6.58 Å². The molecule has 1 fully saturated rings. The Labute approximate surface area is 245 Å². The number of nitrogens with zero attached hydrogens (tertiary/aromatic N) is 1. The maximum absolute atomic E-state index is 11.8. The number of rotatable bonds is 1. The van der Waals surface area contributed by atoms with Gasteiger partial charge >= 0.3 is 0 Å². The van der Waals surface area contributed by atoms with Crippen molar-refractivity contribution in [3.05, 3.63) is 61.7 Å². The minimum atomic E-state index is 0. The third-order valence-corrected chi connectivity index (χ3v) is 7.80. The van der Waals surface area contributed by atoms with E-state index in [1.54, 1.807) is 18.7 Å². The summed E-state index contributed by atoms with van der Waals surface area (Å²) in [5.74, 6) is 0.242. The summed E-state index contributed by atoms with van der Waals surface area (Å²) >= 11 is 8.91. The van der Waals surface area contributed by atoms with Gasteiger partial charge in [-0.1, -0.05) is 25.5 Å². The van der Waals surface area contributed by atoms with Gasteiger partial charge in [-0.25, -0.2) is 0 Å². The Balaban J connectivity index is 0.000000671. The number of anilines is 1. The first-order valence-electron chi connectivity index (χ1n) is 12.2. The van der Waals surface area contributed by atoms with Crippen molar-refractivity contribution >= 4 is 60.8 Å². The van der Waals surface area contributed by atoms with E-state index >= 15 is 0 Å². The number of benzene rings is 1. The van der Waals surface area contributed by atoms with Crippen LogP contribution in [0.15, 0.2) is 50.6 Å². The highest BCUT2D eigenvalue weighted by Gasteiger charge is 2.32. The predicted molar refractivity (Wildman–Crippen MR) is 170 cm³/mol. The number of fused-ring (bicyclic) bond motifs is 2. The van der Waals surface area contributed by atoms with Crippen molar-refractivity contribution in [1.82, 2.24) is 10.2 Å². The second-order valence-electron chi connectivity index (χ2n) is 9.24. The number of phenolic OH excluding ortho intramolecular Hbond substituents is 1. The Morgan fingerprint density at radius 3 is 2.30 bits per heavy atom. The average Bonchev–Trinajstić information content (AvgIpc) is 3.00. The lowest BCUT2D eigenvalue weighted by Gasteiger charge is -2.33. The van der Waals surface area contributed by atoms with Crippen LogP contribution < -0.4 is 11.1 Å². The van der Waals surface area contributed by atoms with Crippen LogP contribution in [0.2, 0.25) is 0 Å². The van der Waals surface area contributed by atoms with Gasteiger partial charge in [0.1, 0.15) is 0 Å². The molecule has 1 aromatic carbocycles. The Bertz CT molecular complexity index is 1070. The number of piperidine rings is 1. The zero-order chi connectivity index (χ0) is 27.0. The molecule has 1 amide bonds. The number of amides is 1. The van der Waals surface area contributed by atoms with E-state index in [-0.39, 0.29) is 25.1 Å². The fourth-order valence-electron chi connectivity index (χ4n) is 4.42. The lowest BCUT2D eigenvalue weighted by molar-refractivity contribution is -0.129. The molecule has 4 N–H and O–H groups in total. The highest BCUT2D eigenvalue weighted by Crippen LogP contribution is 2.46. The highest BCUT2D eigenvalue weighted by atomic mass is 79.9. The number of thioether (sulfide) groups is 1. The molecule has 1 saturated heterocycles. The summed E-state index contributed by atoms with van der Waals surface area (Å²) in [5, 5.41) is 13.9. The number of allylic oxidation sites excluding steroid dienone is 3. The van der Waals surface area contributed by atoms with Crippen LogP contribution in [0.5, 0.6) is 5.75 Å². The molecule has 37 heavy (non-hydrogen) atoms. The van der Waals surface area contributed by atoms with Crippen molar-refractivity contribution in [3.8, 4) is 5.75 Å². The van der Waals surface area contributed by atoms with Crippen LogP contribution in [0.3, 0.4) is 0 Å². The van der Waals surface area contributed by atoms with Gasteiger partial charge in [-0.2, -0.15) is 11.8 Å². The molecule has 1 unspecified atom stereocenters. The van der Waals surface area contributed by atoms with E-state index in [9.17, 15) is 9.90 Å². The molecule has 206 valence electrons. The first-order chi connectivity index (χ1) is 17.0. The number of carbonyl (C=O) groups excluding carboxylic acids is 1. The van der Waals surface area contributed by atoms with E-state index in [1.807, 2.05) is 36.6 Å². The highest BCUT2D eigenvalue weighted by molar-refractivity contribution is 9.12. The Morgan fingerprint density at radius 1 is 1.22 bits per heavy atom. The molecule has 0 saturated carbocycles. The molecule has 5 nitrogen and oxygen atoms in total. The Kier molecular flexibility index (Phi) is 14.2. The number of halogens is 2. The van der Waals surface area contributed by atoms with Crippen LogP contribution in [-0.2, 0) is 11.2 Å². The minimum Gasteiger partial charge on any atom is -0.505 e. The molecule has 0 radical (unpaired) electrons. The van der Waals surface area contributed by atoms with Gasteiger partial charge in [0.05, 0.1) is 16.2 Å². The monoisotopic (exact) mass is 655 g/mol. The van der Waals surface area contributed by atoms with Gasteiger partial charge in [0.25, 0.3) is 0 Å². The molecule has 1 aliphatic carbocycles. The summed E-state index contributed by atoms with van der Waals surface area (Å²) in [6.07, 6.45) is 12.8. The molecule has 2 heterocycles. The van der Waals surface area contributed by atoms with Crippen molar-refractivity contribution in [2.45, 2.75) is 66.3 Å². The number of aromatic hydroxyl groups is 1. The molecule has 1 aromatic rings. The van der Waals surface area contributed by atoms with Crippen molar-refractivity contribution < 1.29 is 9.90 Å². The average molecular weight is 658 g/mol. The van der Waals surface area contributed by atoms with Gasteiger partial charge in [-0.05, 0) is 118 Å². The quantitative estimate of drug-likeness (QED) is 0.163. The lowest BCUT2D eigenvalue weighted by Crippen LogP contribution is -2.36. The van der Waals surface area contributed by atoms with Crippen molar-refractivity contribution in [1.29, 1.82) is 0 Å². The third-order valence-electron chi connectivity index (χ3n) is 6.49. The molecule has 4 rings (SSSR count). The fraction of sp³-hybridized carbons (Fsp3) is 0.483. The molecule has 8 heteroatoms. The molecule has 1 atom stereocenters. The van der Waals surface area contributed by atoms with E-state index < -0.39 is 0 Å². The zero-order valence-corrected chi connectivity index (χ0v) is 26.0. The van der Waals surface area contributed by atoms with E-state index in [2.05, 4.69) is 56.8 Å². The number of hydrogen-bond donors (Lipinski definition) is 3. The van der Waals surface area contributed by atoms with Gasteiger partial charge in [0.2, 0.25) is 5.91 Å². The third kappa shape index (κ3) is 8.69. The molecular formula is C29H43Br2N3O2S. The van der Waals surface area contributed by atoms with Gasteiger partial charge in [0.15, 0.2) is 5.75 Å². The topological polar surface area (TPSA) is 78.6 Å². The number of nitrogens with one attached hydrogen (secondary N) is 1. The molecule has 0 spiro atoms. The fourth-order valence-corrected chi connectivity index (χ4v) is 5.49. The predicted octanol–water partition coefficient (Wildman–Crippen LogP) is 7.80. The summed E-state index contributed by atoms with van der Waals surface area (Å²) in [4.78, 5) is 13.7.